The van der Waals surface area contributed by atoms with Crippen molar-refractivity contribution in [1.29, 1.82) is 0 Å². The molecule has 0 fully saturated rings. The smallest absolute Gasteiger partial charge is 0.0955 e. The summed E-state index contributed by atoms with van der Waals surface area (Å²) in [5.74, 6) is 0. The van der Waals surface area contributed by atoms with Gasteiger partial charge in [0, 0.05) is 25.7 Å². The van der Waals surface area contributed by atoms with Crippen LogP contribution in [0, 0.1) is 0 Å². The molecule has 1 aromatic heterocycles. The fraction of sp³-hybridized carbons (Fsp3) is 0.462. The van der Waals surface area contributed by atoms with Crippen LogP contribution in [0.15, 0.2) is 24.5 Å². The second-order valence-electron chi connectivity index (χ2n) is 5.27. The predicted octanol–water partition coefficient (Wildman–Crippen LogP) is 1.40. The first-order valence-electron chi connectivity index (χ1n) is 5.85. The van der Waals surface area contributed by atoms with Gasteiger partial charge in [0.1, 0.15) is 0 Å². The van der Waals surface area contributed by atoms with Crippen molar-refractivity contribution in [3.63, 3.8) is 0 Å². The van der Waals surface area contributed by atoms with Crippen LogP contribution in [0.4, 0.5) is 0 Å². The zero-order valence-electron chi connectivity index (χ0n) is 10.7. The lowest BCUT2D eigenvalue weighted by Gasteiger charge is -2.18. The Kier molecular flexibility index (Phi) is 3.17. The van der Waals surface area contributed by atoms with Crippen LogP contribution in [-0.2, 0) is 13.6 Å². The van der Waals surface area contributed by atoms with Gasteiger partial charge in [-0.2, -0.15) is 0 Å². The number of nitrogens with zero attached hydrogens (tertiary/aromatic N) is 2. The van der Waals surface area contributed by atoms with E-state index in [2.05, 4.69) is 28.5 Å². The maximum atomic E-state index is 5.92. The summed E-state index contributed by atoms with van der Waals surface area (Å²) in [6, 6.07) is 6.35. The fourth-order valence-corrected chi connectivity index (χ4v) is 1.82. The third-order valence-corrected chi connectivity index (χ3v) is 2.70. The lowest BCUT2D eigenvalue weighted by Crippen LogP contribution is -2.42. The number of hydrogen-bond acceptors (Lipinski definition) is 3. The van der Waals surface area contributed by atoms with Crippen LogP contribution in [0.1, 0.15) is 19.4 Å². The molecule has 0 bridgehead atoms. The van der Waals surface area contributed by atoms with Crippen LogP contribution in [0.25, 0.3) is 11.0 Å². The SMILES string of the molecule is Cn1cnc2cc(CNCC(C)(C)N)ccc21. The summed E-state index contributed by atoms with van der Waals surface area (Å²) in [4.78, 5) is 4.35. The third-order valence-electron chi connectivity index (χ3n) is 2.70. The van der Waals surface area contributed by atoms with Gasteiger partial charge in [0.05, 0.1) is 17.4 Å². The summed E-state index contributed by atoms with van der Waals surface area (Å²) < 4.78 is 2.02. The minimum atomic E-state index is -0.172. The van der Waals surface area contributed by atoms with Gasteiger partial charge < -0.3 is 15.6 Å². The Morgan fingerprint density at radius 1 is 1.41 bits per heavy atom. The highest BCUT2D eigenvalue weighted by Gasteiger charge is 2.09. The van der Waals surface area contributed by atoms with E-state index in [1.54, 1.807) is 0 Å². The molecule has 0 amide bonds. The molecule has 0 aliphatic heterocycles. The van der Waals surface area contributed by atoms with Gasteiger partial charge in [0.25, 0.3) is 0 Å². The van der Waals surface area contributed by atoms with Gasteiger partial charge in [0.15, 0.2) is 0 Å². The Morgan fingerprint density at radius 2 is 2.18 bits per heavy atom. The predicted molar refractivity (Wildman–Crippen MR) is 70.7 cm³/mol. The number of aromatic nitrogens is 2. The van der Waals surface area contributed by atoms with Gasteiger partial charge in [-0.25, -0.2) is 4.98 Å². The molecule has 2 aromatic rings. The van der Waals surface area contributed by atoms with Crippen molar-refractivity contribution in [2.24, 2.45) is 12.8 Å². The number of hydrogen-bond donors (Lipinski definition) is 2. The van der Waals surface area contributed by atoms with E-state index in [4.69, 9.17) is 5.73 Å². The van der Waals surface area contributed by atoms with Gasteiger partial charge in [-0.1, -0.05) is 6.07 Å². The van der Waals surface area contributed by atoms with Gasteiger partial charge in [-0.15, -0.1) is 0 Å². The van der Waals surface area contributed by atoms with E-state index in [-0.39, 0.29) is 5.54 Å². The molecule has 92 valence electrons. The lowest BCUT2D eigenvalue weighted by atomic mass is 10.1. The molecule has 2 rings (SSSR count). The van der Waals surface area contributed by atoms with Crippen LogP contribution in [0.3, 0.4) is 0 Å². The molecule has 4 nitrogen and oxygen atoms in total. The average Bonchev–Trinajstić information content (AvgIpc) is 2.58. The lowest BCUT2D eigenvalue weighted by molar-refractivity contribution is 0.467. The number of nitrogens with two attached hydrogens (primary N) is 1. The highest BCUT2D eigenvalue weighted by molar-refractivity contribution is 5.75. The monoisotopic (exact) mass is 232 g/mol. The second kappa shape index (κ2) is 4.47. The minimum absolute atomic E-state index is 0.172. The van der Waals surface area contributed by atoms with E-state index >= 15 is 0 Å². The van der Waals surface area contributed by atoms with Crippen molar-refractivity contribution in [2.45, 2.75) is 25.9 Å². The molecule has 0 saturated carbocycles. The highest BCUT2D eigenvalue weighted by atomic mass is 15.0. The first-order chi connectivity index (χ1) is 7.96. The Balaban J connectivity index is 2.04. The van der Waals surface area contributed by atoms with Gasteiger partial charge >= 0.3 is 0 Å². The first kappa shape index (κ1) is 12.1. The summed E-state index contributed by atoms with van der Waals surface area (Å²) >= 11 is 0. The molecule has 0 aliphatic rings. The van der Waals surface area contributed by atoms with Crippen molar-refractivity contribution in [2.75, 3.05) is 6.54 Å². The molecule has 0 aliphatic carbocycles. The van der Waals surface area contributed by atoms with Crippen molar-refractivity contribution in [3.8, 4) is 0 Å². The summed E-state index contributed by atoms with van der Waals surface area (Å²) in [7, 11) is 2.00. The average molecular weight is 232 g/mol. The van der Waals surface area contributed by atoms with E-state index in [1.807, 2.05) is 31.8 Å². The molecule has 4 heteroatoms. The molecule has 3 N–H and O–H groups in total. The maximum Gasteiger partial charge on any atom is 0.0955 e. The van der Waals surface area contributed by atoms with E-state index in [9.17, 15) is 0 Å². The molecule has 0 unspecified atom stereocenters. The molecule has 1 aromatic carbocycles. The molecular formula is C13H20N4. The Morgan fingerprint density at radius 3 is 2.88 bits per heavy atom. The number of imidazole rings is 1. The maximum absolute atomic E-state index is 5.92. The third kappa shape index (κ3) is 3.05. The number of aryl methyl sites for hydroxylation is 1. The molecule has 1 heterocycles. The van der Waals surface area contributed by atoms with Crippen molar-refractivity contribution in [1.82, 2.24) is 14.9 Å². The number of fused-ring (bicyclic) bond motifs is 1. The molecular weight excluding hydrogens is 212 g/mol. The van der Waals surface area contributed by atoms with Crippen molar-refractivity contribution < 1.29 is 0 Å². The van der Waals surface area contributed by atoms with Crippen LogP contribution in [-0.4, -0.2) is 21.6 Å². The highest BCUT2D eigenvalue weighted by Crippen LogP contribution is 2.13. The Labute approximate surface area is 102 Å². The Hall–Kier alpha value is -1.39. The van der Waals surface area contributed by atoms with Gasteiger partial charge in [0.2, 0.25) is 0 Å². The second-order valence-corrected chi connectivity index (χ2v) is 5.27. The van der Waals surface area contributed by atoms with E-state index in [0.717, 1.165) is 24.1 Å². The zero-order chi connectivity index (χ0) is 12.5. The van der Waals surface area contributed by atoms with E-state index in [1.165, 1.54) is 5.56 Å². The molecule has 17 heavy (non-hydrogen) atoms. The van der Waals surface area contributed by atoms with E-state index in [0.29, 0.717) is 0 Å². The van der Waals surface area contributed by atoms with Crippen molar-refractivity contribution in [3.05, 3.63) is 30.1 Å². The molecule has 0 radical (unpaired) electrons. The van der Waals surface area contributed by atoms with E-state index < -0.39 is 0 Å². The standard InChI is InChI=1S/C13H20N4/c1-13(2,14)8-15-7-10-4-5-12-11(6-10)16-9-17(12)3/h4-6,9,15H,7-8,14H2,1-3H3. The quantitative estimate of drug-likeness (QED) is 0.838. The minimum Gasteiger partial charge on any atom is -0.334 e. The number of rotatable bonds is 4. The van der Waals surface area contributed by atoms with Crippen LogP contribution >= 0.6 is 0 Å². The Bertz CT molecular complexity index is 508. The van der Waals surface area contributed by atoms with Crippen LogP contribution in [0.2, 0.25) is 0 Å². The number of nitrogens with one attached hydrogen (secondary N) is 1. The summed E-state index contributed by atoms with van der Waals surface area (Å²) in [5, 5.41) is 3.35. The number of benzene rings is 1. The normalized spacial score (nSPS) is 12.2. The van der Waals surface area contributed by atoms with Crippen LogP contribution < -0.4 is 11.1 Å². The first-order valence-corrected chi connectivity index (χ1v) is 5.85. The topological polar surface area (TPSA) is 55.9 Å². The summed E-state index contributed by atoms with van der Waals surface area (Å²) in [5.41, 5.74) is 9.18. The summed E-state index contributed by atoms with van der Waals surface area (Å²) in [6.45, 7) is 5.66. The molecule has 0 spiro atoms. The molecule has 0 saturated heterocycles. The van der Waals surface area contributed by atoms with Gasteiger partial charge in [-0.3, -0.25) is 0 Å². The van der Waals surface area contributed by atoms with Crippen LogP contribution in [0.5, 0.6) is 0 Å². The molecule has 0 atom stereocenters. The largest absolute Gasteiger partial charge is 0.334 e. The zero-order valence-corrected chi connectivity index (χ0v) is 10.7. The summed E-state index contributed by atoms with van der Waals surface area (Å²) in [6.07, 6.45) is 1.84. The van der Waals surface area contributed by atoms with Gasteiger partial charge in [-0.05, 0) is 31.5 Å². The fourth-order valence-electron chi connectivity index (χ4n) is 1.82. The van der Waals surface area contributed by atoms with Crippen molar-refractivity contribution >= 4 is 11.0 Å².